The molecule has 5 nitrogen and oxygen atoms in total. The summed E-state index contributed by atoms with van der Waals surface area (Å²) in [4.78, 5) is 27.3. The first-order valence-electron chi connectivity index (χ1n) is 9.82. The molecule has 1 atom stereocenters. The Morgan fingerprint density at radius 1 is 1.06 bits per heavy atom. The summed E-state index contributed by atoms with van der Waals surface area (Å²) in [6, 6.07) is 9.45. The maximum atomic E-state index is 13.1. The lowest BCUT2D eigenvalue weighted by atomic mass is 10.1. The van der Waals surface area contributed by atoms with E-state index in [0.29, 0.717) is 26.4 Å². The lowest BCUT2D eigenvalue weighted by Gasteiger charge is -2.31. The van der Waals surface area contributed by atoms with Crippen molar-refractivity contribution >= 4 is 46.6 Å². The standard InChI is InChI=1S/C23H27Cl3N2O3/c1-14-10-18(8-9-19(14)25)31-13-21(29)28(15(2)22(30)27-23(3,4)5)12-16-6-7-17(24)11-20(16)26/h6-11,15H,12-13H2,1-5H3,(H,27,30). The minimum absolute atomic E-state index is 0.135. The molecule has 2 aromatic rings. The molecule has 0 aromatic heterocycles. The summed E-state index contributed by atoms with van der Waals surface area (Å²) in [5.74, 6) is -0.102. The van der Waals surface area contributed by atoms with Crippen LogP contribution < -0.4 is 10.1 Å². The molecule has 2 rings (SSSR count). The zero-order valence-electron chi connectivity index (χ0n) is 18.3. The fraction of sp³-hybridized carbons (Fsp3) is 0.391. The van der Waals surface area contributed by atoms with Crippen LogP contribution in [0.2, 0.25) is 15.1 Å². The first kappa shape index (κ1) is 25.3. The van der Waals surface area contributed by atoms with Crippen LogP contribution in [0.5, 0.6) is 5.75 Å². The topological polar surface area (TPSA) is 58.6 Å². The predicted octanol–water partition coefficient (Wildman–Crippen LogP) is 5.67. The van der Waals surface area contributed by atoms with E-state index in [1.807, 2.05) is 27.7 Å². The highest BCUT2D eigenvalue weighted by Crippen LogP contribution is 2.24. The van der Waals surface area contributed by atoms with Gasteiger partial charge in [0.2, 0.25) is 5.91 Å². The minimum Gasteiger partial charge on any atom is -0.484 e. The van der Waals surface area contributed by atoms with Gasteiger partial charge in [0.1, 0.15) is 11.8 Å². The molecule has 0 radical (unpaired) electrons. The molecular weight excluding hydrogens is 459 g/mol. The molecule has 168 valence electrons. The van der Waals surface area contributed by atoms with Crippen molar-refractivity contribution in [3.63, 3.8) is 0 Å². The molecule has 1 N–H and O–H groups in total. The zero-order chi connectivity index (χ0) is 23.3. The Morgan fingerprint density at radius 2 is 1.74 bits per heavy atom. The van der Waals surface area contributed by atoms with Crippen LogP contribution in [-0.4, -0.2) is 34.9 Å². The number of hydrogen-bond acceptors (Lipinski definition) is 3. The van der Waals surface area contributed by atoms with E-state index in [1.54, 1.807) is 43.3 Å². The molecule has 2 amide bonds. The summed E-state index contributed by atoms with van der Waals surface area (Å²) in [7, 11) is 0. The zero-order valence-corrected chi connectivity index (χ0v) is 20.5. The molecule has 0 saturated heterocycles. The minimum atomic E-state index is -0.742. The highest BCUT2D eigenvalue weighted by Gasteiger charge is 2.29. The van der Waals surface area contributed by atoms with Crippen LogP contribution in [0.15, 0.2) is 36.4 Å². The normalized spacial score (nSPS) is 12.3. The first-order chi connectivity index (χ1) is 14.4. The van der Waals surface area contributed by atoms with Crippen molar-refractivity contribution in [3.05, 3.63) is 62.6 Å². The van der Waals surface area contributed by atoms with Crippen molar-refractivity contribution in [3.8, 4) is 5.75 Å². The highest BCUT2D eigenvalue weighted by molar-refractivity contribution is 6.35. The van der Waals surface area contributed by atoms with Gasteiger partial charge in [0.25, 0.3) is 5.91 Å². The van der Waals surface area contributed by atoms with Crippen LogP contribution in [0, 0.1) is 6.92 Å². The Labute approximate surface area is 198 Å². The van der Waals surface area contributed by atoms with Crippen LogP contribution in [0.3, 0.4) is 0 Å². The van der Waals surface area contributed by atoms with Gasteiger partial charge in [-0.25, -0.2) is 0 Å². The fourth-order valence-electron chi connectivity index (χ4n) is 2.83. The van der Waals surface area contributed by atoms with Gasteiger partial charge in [-0.1, -0.05) is 40.9 Å². The molecular formula is C23H27Cl3N2O3. The van der Waals surface area contributed by atoms with Crippen molar-refractivity contribution in [2.75, 3.05) is 6.61 Å². The lowest BCUT2D eigenvalue weighted by molar-refractivity contribution is -0.142. The summed E-state index contributed by atoms with van der Waals surface area (Å²) in [6.07, 6.45) is 0. The second-order valence-corrected chi connectivity index (χ2v) is 9.62. The van der Waals surface area contributed by atoms with Gasteiger partial charge in [0.05, 0.1) is 0 Å². The van der Waals surface area contributed by atoms with Crippen molar-refractivity contribution in [1.29, 1.82) is 0 Å². The second kappa shape index (κ2) is 10.6. The van der Waals surface area contributed by atoms with Crippen molar-refractivity contribution < 1.29 is 14.3 Å². The molecule has 31 heavy (non-hydrogen) atoms. The SMILES string of the molecule is Cc1cc(OCC(=O)N(Cc2ccc(Cl)cc2Cl)C(C)C(=O)NC(C)(C)C)ccc1Cl. The third-order valence-electron chi connectivity index (χ3n) is 4.51. The van der Waals surface area contributed by atoms with Gasteiger partial charge in [-0.2, -0.15) is 0 Å². The molecule has 0 bridgehead atoms. The van der Waals surface area contributed by atoms with Gasteiger partial charge in [0.15, 0.2) is 6.61 Å². The van der Waals surface area contributed by atoms with E-state index >= 15 is 0 Å². The maximum absolute atomic E-state index is 13.1. The molecule has 0 aliphatic rings. The Hall–Kier alpha value is -1.95. The molecule has 0 spiro atoms. The van der Waals surface area contributed by atoms with E-state index in [4.69, 9.17) is 39.5 Å². The van der Waals surface area contributed by atoms with E-state index in [0.717, 1.165) is 5.56 Å². The number of carbonyl (C=O) groups excluding carboxylic acids is 2. The number of hydrogen-bond donors (Lipinski definition) is 1. The summed E-state index contributed by atoms with van der Waals surface area (Å²) in [6.45, 7) is 9.07. The van der Waals surface area contributed by atoms with E-state index in [2.05, 4.69) is 5.32 Å². The van der Waals surface area contributed by atoms with Gasteiger partial charge in [-0.05, 0) is 76.1 Å². The molecule has 8 heteroatoms. The molecule has 0 fully saturated rings. The summed E-state index contributed by atoms with van der Waals surface area (Å²) in [5, 5.41) is 4.44. The van der Waals surface area contributed by atoms with E-state index in [-0.39, 0.29) is 25.0 Å². The lowest BCUT2D eigenvalue weighted by Crippen LogP contribution is -2.53. The van der Waals surface area contributed by atoms with Crippen LogP contribution in [-0.2, 0) is 16.1 Å². The number of ether oxygens (including phenoxy) is 1. The number of nitrogens with one attached hydrogen (secondary N) is 1. The third kappa shape index (κ3) is 7.60. The average molecular weight is 486 g/mol. The van der Waals surface area contributed by atoms with Crippen LogP contribution >= 0.6 is 34.8 Å². The van der Waals surface area contributed by atoms with E-state index < -0.39 is 11.6 Å². The summed E-state index contributed by atoms with van der Waals surface area (Å²) in [5.41, 5.74) is 1.08. The van der Waals surface area contributed by atoms with Gasteiger partial charge < -0.3 is 15.0 Å². The molecule has 2 aromatic carbocycles. The largest absolute Gasteiger partial charge is 0.484 e. The van der Waals surface area contributed by atoms with Crippen molar-refractivity contribution in [2.45, 2.75) is 52.7 Å². The maximum Gasteiger partial charge on any atom is 0.261 e. The number of aryl methyl sites for hydroxylation is 1. The number of amides is 2. The third-order valence-corrected chi connectivity index (χ3v) is 5.52. The van der Waals surface area contributed by atoms with Gasteiger partial charge >= 0.3 is 0 Å². The Kier molecular flexibility index (Phi) is 8.64. The number of carbonyl (C=O) groups is 2. The number of benzene rings is 2. The molecule has 0 heterocycles. The molecule has 0 saturated carbocycles. The fourth-order valence-corrected chi connectivity index (χ4v) is 3.41. The monoisotopic (exact) mass is 484 g/mol. The van der Waals surface area contributed by atoms with Crippen molar-refractivity contribution in [1.82, 2.24) is 10.2 Å². The average Bonchev–Trinajstić information content (AvgIpc) is 2.66. The van der Waals surface area contributed by atoms with E-state index in [9.17, 15) is 9.59 Å². The highest BCUT2D eigenvalue weighted by atomic mass is 35.5. The quantitative estimate of drug-likeness (QED) is 0.550. The summed E-state index contributed by atoms with van der Waals surface area (Å²) >= 11 is 18.3. The number of halogens is 3. The van der Waals surface area contributed by atoms with Gasteiger partial charge in [-0.3, -0.25) is 9.59 Å². The second-order valence-electron chi connectivity index (χ2n) is 8.37. The van der Waals surface area contributed by atoms with E-state index in [1.165, 1.54) is 4.90 Å². The Balaban J connectivity index is 2.23. The molecule has 0 aliphatic heterocycles. The summed E-state index contributed by atoms with van der Waals surface area (Å²) < 4.78 is 5.67. The van der Waals surface area contributed by atoms with Crippen LogP contribution in [0.1, 0.15) is 38.8 Å². The van der Waals surface area contributed by atoms with Crippen LogP contribution in [0.25, 0.3) is 0 Å². The van der Waals surface area contributed by atoms with Crippen LogP contribution in [0.4, 0.5) is 0 Å². The first-order valence-corrected chi connectivity index (χ1v) is 10.9. The molecule has 0 aliphatic carbocycles. The van der Waals surface area contributed by atoms with Gasteiger partial charge in [0, 0.05) is 27.2 Å². The Bertz CT molecular complexity index is 958. The number of nitrogens with zero attached hydrogens (tertiary/aromatic N) is 1. The number of rotatable bonds is 7. The van der Waals surface area contributed by atoms with Gasteiger partial charge in [-0.15, -0.1) is 0 Å². The van der Waals surface area contributed by atoms with Crippen molar-refractivity contribution in [2.24, 2.45) is 0 Å². The Morgan fingerprint density at radius 3 is 2.32 bits per heavy atom. The molecule has 1 unspecified atom stereocenters. The smallest absolute Gasteiger partial charge is 0.261 e. The predicted molar refractivity (Wildman–Crippen MR) is 126 cm³/mol.